The molecule has 1 unspecified atom stereocenters. The van der Waals surface area contributed by atoms with E-state index >= 15 is 0 Å². The van der Waals surface area contributed by atoms with Gasteiger partial charge in [0.1, 0.15) is 0 Å². The van der Waals surface area contributed by atoms with Crippen LogP contribution in [0.15, 0.2) is 18.2 Å². The number of nitrogens with one attached hydrogen (secondary N) is 1. The molecule has 21 heavy (non-hydrogen) atoms. The maximum absolute atomic E-state index is 3.24. The highest BCUT2D eigenvalue weighted by Gasteiger charge is 2.28. The van der Waals surface area contributed by atoms with E-state index in [4.69, 9.17) is 0 Å². The van der Waals surface area contributed by atoms with E-state index in [-0.39, 0.29) is 0 Å². The second-order valence-electron chi connectivity index (χ2n) is 6.63. The van der Waals surface area contributed by atoms with E-state index in [0.29, 0.717) is 0 Å². The van der Waals surface area contributed by atoms with Gasteiger partial charge in [-0.3, -0.25) is 4.90 Å². The van der Waals surface area contributed by atoms with Crippen LogP contribution < -0.4 is 10.2 Å². The SMILES string of the molecule is CNCc1ccc(N2CCC(N3CCCCC3)C2)cc1C. The van der Waals surface area contributed by atoms with Crippen molar-refractivity contribution in [2.24, 2.45) is 0 Å². The van der Waals surface area contributed by atoms with Crippen molar-refractivity contribution in [3.8, 4) is 0 Å². The lowest BCUT2D eigenvalue weighted by Crippen LogP contribution is -2.40. The molecule has 1 aromatic carbocycles. The fraction of sp³-hybridized carbons (Fsp3) is 0.667. The van der Waals surface area contributed by atoms with Gasteiger partial charge < -0.3 is 10.2 Å². The molecular weight excluding hydrogens is 258 g/mol. The summed E-state index contributed by atoms with van der Waals surface area (Å²) in [6.45, 7) is 8.25. The summed E-state index contributed by atoms with van der Waals surface area (Å²) in [5.41, 5.74) is 4.23. The van der Waals surface area contributed by atoms with Gasteiger partial charge in [0.15, 0.2) is 0 Å². The molecule has 0 amide bonds. The van der Waals surface area contributed by atoms with Crippen LogP contribution in [0.1, 0.15) is 36.8 Å². The second kappa shape index (κ2) is 6.80. The Morgan fingerprint density at radius 3 is 2.67 bits per heavy atom. The van der Waals surface area contributed by atoms with Crippen LogP contribution in [-0.2, 0) is 6.54 Å². The number of hydrogen-bond acceptors (Lipinski definition) is 3. The molecule has 0 saturated carbocycles. The third-order valence-corrected chi connectivity index (χ3v) is 5.13. The third kappa shape index (κ3) is 3.41. The third-order valence-electron chi connectivity index (χ3n) is 5.13. The number of hydrogen-bond donors (Lipinski definition) is 1. The van der Waals surface area contributed by atoms with Crippen LogP contribution in [-0.4, -0.2) is 44.2 Å². The van der Waals surface area contributed by atoms with Gasteiger partial charge in [0, 0.05) is 31.4 Å². The molecule has 116 valence electrons. The van der Waals surface area contributed by atoms with E-state index in [1.165, 1.54) is 68.7 Å². The lowest BCUT2D eigenvalue weighted by atomic mass is 10.1. The molecule has 0 aliphatic carbocycles. The van der Waals surface area contributed by atoms with Gasteiger partial charge in [-0.2, -0.15) is 0 Å². The summed E-state index contributed by atoms with van der Waals surface area (Å²) in [5, 5.41) is 3.24. The quantitative estimate of drug-likeness (QED) is 0.918. The molecule has 1 atom stereocenters. The number of rotatable bonds is 4. The van der Waals surface area contributed by atoms with Gasteiger partial charge in [-0.15, -0.1) is 0 Å². The average Bonchev–Trinajstić information content (AvgIpc) is 3.00. The van der Waals surface area contributed by atoms with Crippen molar-refractivity contribution < 1.29 is 0 Å². The molecule has 0 bridgehead atoms. The predicted molar refractivity (Wildman–Crippen MR) is 90.0 cm³/mol. The molecule has 3 rings (SSSR count). The Hall–Kier alpha value is -1.06. The van der Waals surface area contributed by atoms with Gasteiger partial charge in [0.2, 0.25) is 0 Å². The van der Waals surface area contributed by atoms with E-state index in [0.717, 1.165) is 12.6 Å². The van der Waals surface area contributed by atoms with Gasteiger partial charge in [-0.05, 0) is 69.6 Å². The maximum Gasteiger partial charge on any atom is 0.0369 e. The first kappa shape index (κ1) is 14.9. The first-order valence-corrected chi connectivity index (χ1v) is 8.51. The predicted octanol–water partition coefficient (Wildman–Crippen LogP) is 2.78. The summed E-state index contributed by atoms with van der Waals surface area (Å²) in [6.07, 6.45) is 5.55. The second-order valence-corrected chi connectivity index (χ2v) is 6.63. The van der Waals surface area contributed by atoms with E-state index < -0.39 is 0 Å². The highest BCUT2D eigenvalue weighted by molar-refractivity contribution is 5.51. The van der Waals surface area contributed by atoms with Crippen LogP contribution in [0.5, 0.6) is 0 Å². The minimum absolute atomic E-state index is 0.780. The summed E-state index contributed by atoms with van der Waals surface area (Å²) in [5.74, 6) is 0. The lowest BCUT2D eigenvalue weighted by Gasteiger charge is -2.32. The summed E-state index contributed by atoms with van der Waals surface area (Å²) in [4.78, 5) is 5.31. The van der Waals surface area contributed by atoms with Crippen LogP contribution in [0.4, 0.5) is 5.69 Å². The van der Waals surface area contributed by atoms with E-state index in [9.17, 15) is 0 Å². The van der Waals surface area contributed by atoms with Crippen LogP contribution in [0, 0.1) is 6.92 Å². The van der Waals surface area contributed by atoms with Crippen molar-refractivity contribution in [3.63, 3.8) is 0 Å². The fourth-order valence-corrected chi connectivity index (χ4v) is 3.82. The monoisotopic (exact) mass is 287 g/mol. The highest BCUT2D eigenvalue weighted by Crippen LogP contribution is 2.26. The molecule has 0 spiro atoms. The zero-order chi connectivity index (χ0) is 14.7. The molecule has 1 aromatic rings. The first-order valence-electron chi connectivity index (χ1n) is 8.51. The number of likely N-dealkylation sites (tertiary alicyclic amines) is 1. The van der Waals surface area contributed by atoms with Crippen molar-refractivity contribution in [1.82, 2.24) is 10.2 Å². The molecule has 0 radical (unpaired) electrons. The molecule has 3 nitrogen and oxygen atoms in total. The Labute approximate surface area is 129 Å². The Morgan fingerprint density at radius 2 is 1.95 bits per heavy atom. The minimum Gasteiger partial charge on any atom is -0.370 e. The van der Waals surface area contributed by atoms with Gasteiger partial charge in [-0.1, -0.05) is 12.5 Å². The van der Waals surface area contributed by atoms with Crippen molar-refractivity contribution in [2.75, 3.05) is 38.1 Å². The Bertz CT molecular complexity index is 466. The standard InChI is InChI=1S/C18H29N3/c1-15-12-17(7-6-16(15)13-19-2)21-11-8-18(14-21)20-9-4-3-5-10-20/h6-7,12,18-19H,3-5,8-11,13-14H2,1-2H3. The molecule has 2 saturated heterocycles. The number of benzene rings is 1. The Kier molecular flexibility index (Phi) is 4.81. The van der Waals surface area contributed by atoms with Gasteiger partial charge in [0.05, 0.1) is 0 Å². The zero-order valence-electron chi connectivity index (χ0n) is 13.6. The van der Waals surface area contributed by atoms with Gasteiger partial charge in [-0.25, -0.2) is 0 Å². The molecule has 2 aliphatic rings. The summed E-state index contributed by atoms with van der Waals surface area (Å²) < 4.78 is 0. The largest absolute Gasteiger partial charge is 0.370 e. The normalized spacial score (nSPS) is 23.7. The molecule has 1 N–H and O–H groups in total. The number of nitrogens with zero attached hydrogens (tertiary/aromatic N) is 2. The van der Waals surface area contributed by atoms with Crippen LogP contribution in [0.2, 0.25) is 0 Å². The van der Waals surface area contributed by atoms with Crippen LogP contribution >= 0.6 is 0 Å². The number of piperidine rings is 1. The molecule has 2 aliphatic heterocycles. The average molecular weight is 287 g/mol. The lowest BCUT2D eigenvalue weighted by molar-refractivity contribution is 0.175. The highest BCUT2D eigenvalue weighted by atomic mass is 15.3. The topological polar surface area (TPSA) is 18.5 Å². The first-order chi connectivity index (χ1) is 10.3. The maximum atomic E-state index is 3.24. The van der Waals surface area contributed by atoms with E-state index in [1.807, 2.05) is 7.05 Å². The molecule has 0 aromatic heterocycles. The van der Waals surface area contributed by atoms with Crippen molar-refractivity contribution in [2.45, 2.75) is 45.2 Å². The van der Waals surface area contributed by atoms with Crippen molar-refractivity contribution in [1.29, 1.82) is 0 Å². The van der Waals surface area contributed by atoms with E-state index in [2.05, 4.69) is 40.2 Å². The summed E-state index contributed by atoms with van der Waals surface area (Å²) in [7, 11) is 2.01. The van der Waals surface area contributed by atoms with Gasteiger partial charge in [0.25, 0.3) is 0 Å². The molecular formula is C18H29N3. The minimum atomic E-state index is 0.780. The zero-order valence-corrected chi connectivity index (χ0v) is 13.6. The van der Waals surface area contributed by atoms with E-state index in [1.54, 1.807) is 0 Å². The smallest absolute Gasteiger partial charge is 0.0369 e. The number of aryl methyl sites for hydroxylation is 1. The fourth-order valence-electron chi connectivity index (χ4n) is 3.82. The van der Waals surface area contributed by atoms with Crippen LogP contribution in [0.3, 0.4) is 0 Å². The summed E-state index contributed by atoms with van der Waals surface area (Å²) in [6, 6.07) is 7.74. The molecule has 2 fully saturated rings. The summed E-state index contributed by atoms with van der Waals surface area (Å²) >= 11 is 0. The van der Waals surface area contributed by atoms with Crippen LogP contribution in [0.25, 0.3) is 0 Å². The number of anilines is 1. The van der Waals surface area contributed by atoms with Crippen molar-refractivity contribution >= 4 is 5.69 Å². The Morgan fingerprint density at radius 1 is 1.14 bits per heavy atom. The van der Waals surface area contributed by atoms with Crippen molar-refractivity contribution in [3.05, 3.63) is 29.3 Å². The molecule has 3 heteroatoms. The Balaban J connectivity index is 1.64. The van der Waals surface area contributed by atoms with Gasteiger partial charge >= 0.3 is 0 Å². The molecule has 2 heterocycles.